The van der Waals surface area contributed by atoms with Gasteiger partial charge in [-0.15, -0.1) is 11.3 Å². The minimum Gasteiger partial charge on any atom is -0.468 e. The first-order chi connectivity index (χ1) is 11.6. The van der Waals surface area contributed by atoms with E-state index in [-0.39, 0.29) is 18.4 Å². The van der Waals surface area contributed by atoms with Crippen molar-refractivity contribution < 1.29 is 9.21 Å². The zero-order chi connectivity index (χ0) is 17.0. The predicted octanol–water partition coefficient (Wildman–Crippen LogP) is 3.15. The maximum absolute atomic E-state index is 12.5. The first-order valence-electron chi connectivity index (χ1n) is 8.08. The fourth-order valence-electron chi connectivity index (χ4n) is 2.83. The first-order valence-corrected chi connectivity index (χ1v) is 8.96. The summed E-state index contributed by atoms with van der Waals surface area (Å²) in [6, 6.07) is 10.1. The Hall–Kier alpha value is -2.10. The van der Waals surface area contributed by atoms with E-state index in [1.807, 2.05) is 35.4 Å². The van der Waals surface area contributed by atoms with Crippen LogP contribution in [0.4, 0.5) is 0 Å². The molecule has 0 radical (unpaired) electrons. The van der Waals surface area contributed by atoms with Crippen LogP contribution < -0.4 is 5.32 Å². The lowest BCUT2D eigenvalue weighted by Crippen LogP contribution is -2.50. The monoisotopic (exact) mass is 343 g/mol. The van der Waals surface area contributed by atoms with Gasteiger partial charge in [0.05, 0.1) is 25.4 Å². The summed E-state index contributed by atoms with van der Waals surface area (Å²) in [6.07, 6.45) is 3.66. The summed E-state index contributed by atoms with van der Waals surface area (Å²) in [5.74, 6) is 0.987. The fraction of sp³-hybridized carbons (Fsp3) is 0.444. The van der Waals surface area contributed by atoms with Crippen LogP contribution in [0, 0.1) is 17.2 Å². The first kappa shape index (κ1) is 16.7. The highest BCUT2D eigenvalue weighted by Crippen LogP contribution is 2.39. The molecule has 1 unspecified atom stereocenters. The maximum atomic E-state index is 12.5. The van der Waals surface area contributed by atoms with Crippen LogP contribution in [0.2, 0.25) is 0 Å². The van der Waals surface area contributed by atoms with Gasteiger partial charge in [0.2, 0.25) is 5.91 Å². The van der Waals surface area contributed by atoms with Crippen LogP contribution in [-0.2, 0) is 17.9 Å². The van der Waals surface area contributed by atoms with E-state index in [0.29, 0.717) is 13.1 Å². The molecule has 1 aliphatic carbocycles. The number of amides is 1. The van der Waals surface area contributed by atoms with Crippen molar-refractivity contribution in [1.82, 2.24) is 10.2 Å². The highest BCUT2D eigenvalue weighted by molar-refractivity contribution is 7.09. The lowest BCUT2D eigenvalue weighted by atomic mass is 9.98. The number of hydrogen-bond acceptors (Lipinski definition) is 5. The highest BCUT2D eigenvalue weighted by atomic mass is 32.1. The molecule has 1 saturated carbocycles. The zero-order valence-corrected chi connectivity index (χ0v) is 14.5. The number of hydrogen-bond donors (Lipinski definition) is 1. The van der Waals surface area contributed by atoms with Crippen molar-refractivity contribution in [2.24, 2.45) is 5.92 Å². The molecule has 5 nitrogen and oxygen atoms in total. The molecule has 1 atom stereocenters. The average Bonchev–Trinajstić information content (AvgIpc) is 3.07. The van der Waals surface area contributed by atoms with Crippen molar-refractivity contribution in [2.75, 3.05) is 6.54 Å². The molecule has 0 aliphatic heterocycles. The molecular formula is C18H21N3O2S. The standard InChI is InChI=1S/C18H21N3O2S/c1-18(13-19,14-6-7-14)20-17(22)12-21(10-15-4-2-8-23-15)11-16-5-3-9-24-16/h2-5,8-9,14H,6-7,10-12H2,1H3,(H,20,22). The molecule has 3 rings (SSSR count). The molecule has 0 bridgehead atoms. The molecule has 2 heterocycles. The second-order valence-electron chi connectivity index (χ2n) is 6.44. The molecule has 0 saturated heterocycles. The van der Waals surface area contributed by atoms with Crippen LogP contribution in [0.15, 0.2) is 40.3 Å². The van der Waals surface area contributed by atoms with E-state index in [2.05, 4.69) is 17.5 Å². The Kier molecular flexibility index (Phi) is 5.03. The largest absolute Gasteiger partial charge is 0.468 e. The Bertz CT molecular complexity index is 665. The van der Waals surface area contributed by atoms with E-state index in [1.54, 1.807) is 17.6 Å². The lowest BCUT2D eigenvalue weighted by molar-refractivity contribution is -0.124. The van der Waals surface area contributed by atoms with E-state index < -0.39 is 5.54 Å². The summed E-state index contributed by atoms with van der Waals surface area (Å²) in [5.41, 5.74) is -0.754. The molecule has 1 fully saturated rings. The van der Waals surface area contributed by atoms with Gasteiger partial charge in [-0.1, -0.05) is 6.07 Å². The third kappa shape index (κ3) is 4.25. The summed E-state index contributed by atoms with van der Waals surface area (Å²) in [6.45, 7) is 3.30. The number of nitrogens with zero attached hydrogens (tertiary/aromatic N) is 2. The van der Waals surface area contributed by atoms with E-state index in [4.69, 9.17) is 4.42 Å². The molecule has 0 spiro atoms. The summed E-state index contributed by atoms with van der Waals surface area (Å²) >= 11 is 1.67. The Morgan fingerprint density at radius 1 is 1.46 bits per heavy atom. The summed E-state index contributed by atoms with van der Waals surface area (Å²) in [5, 5.41) is 14.4. The molecule has 0 aromatic carbocycles. The van der Waals surface area contributed by atoms with Gasteiger partial charge in [-0.3, -0.25) is 9.69 Å². The van der Waals surface area contributed by atoms with Crippen LogP contribution in [0.1, 0.15) is 30.4 Å². The number of rotatable bonds is 8. The minimum absolute atomic E-state index is 0.117. The van der Waals surface area contributed by atoms with Gasteiger partial charge < -0.3 is 9.73 Å². The van der Waals surface area contributed by atoms with Gasteiger partial charge in [-0.05, 0) is 49.3 Å². The van der Waals surface area contributed by atoms with Crippen molar-refractivity contribution in [3.8, 4) is 6.07 Å². The molecule has 1 aliphatic rings. The molecular weight excluding hydrogens is 322 g/mol. The van der Waals surface area contributed by atoms with E-state index in [0.717, 1.165) is 18.6 Å². The molecule has 2 aromatic heterocycles. The second-order valence-corrected chi connectivity index (χ2v) is 7.47. The van der Waals surface area contributed by atoms with Gasteiger partial charge in [-0.25, -0.2) is 0 Å². The number of nitrogens with one attached hydrogen (secondary N) is 1. The van der Waals surface area contributed by atoms with Crippen LogP contribution in [0.3, 0.4) is 0 Å². The quantitative estimate of drug-likeness (QED) is 0.799. The fourth-order valence-corrected chi connectivity index (χ4v) is 3.57. The van der Waals surface area contributed by atoms with E-state index in [9.17, 15) is 10.1 Å². The number of carbonyl (C=O) groups is 1. The Balaban J connectivity index is 1.64. The predicted molar refractivity (Wildman–Crippen MR) is 92.0 cm³/mol. The number of nitriles is 1. The van der Waals surface area contributed by atoms with Crippen LogP contribution in [0.25, 0.3) is 0 Å². The second kappa shape index (κ2) is 7.20. The van der Waals surface area contributed by atoms with Crippen molar-refractivity contribution in [2.45, 2.75) is 38.4 Å². The molecule has 2 aromatic rings. The van der Waals surface area contributed by atoms with Crippen LogP contribution in [-0.4, -0.2) is 22.9 Å². The summed E-state index contributed by atoms with van der Waals surface area (Å²) in [4.78, 5) is 15.7. The SMILES string of the molecule is CC(C#N)(NC(=O)CN(Cc1ccco1)Cc1cccs1)C1CC1. The van der Waals surface area contributed by atoms with Gasteiger partial charge in [-0.2, -0.15) is 5.26 Å². The Morgan fingerprint density at radius 2 is 2.29 bits per heavy atom. The number of carbonyl (C=O) groups excluding carboxylic acids is 1. The Labute approximate surface area is 145 Å². The van der Waals surface area contributed by atoms with Crippen molar-refractivity contribution in [3.05, 3.63) is 46.5 Å². The van der Waals surface area contributed by atoms with Gasteiger partial charge >= 0.3 is 0 Å². The maximum Gasteiger partial charge on any atom is 0.235 e. The molecule has 1 N–H and O–H groups in total. The van der Waals surface area contributed by atoms with Gasteiger partial charge in [0.15, 0.2) is 0 Å². The van der Waals surface area contributed by atoms with Crippen molar-refractivity contribution in [1.29, 1.82) is 5.26 Å². The number of furan rings is 1. The van der Waals surface area contributed by atoms with Crippen LogP contribution >= 0.6 is 11.3 Å². The van der Waals surface area contributed by atoms with E-state index in [1.165, 1.54) is 4.88 Å². The van der Waals surface area contributed by atoms with Crippen molar-refractivity contribution in [3.63, 3.8) is 0 Å². The Morgan fingerprint density at radius 3 is 2.88 bits per heavy atom. The normalized spacial score (nSPS) is 16.5. The van der Waals surface area contributed by atoms with Gasteiger partial charge in [0.1, 0.15) is 11.3 Å². The summed E-state index contributed by atoms with van der Waals surface area (Å²) < 4.78 is 5.41. The molecule has 24 heavy (non-hydrogen) atoms. The van der Waals surface area contributed by atoms with Crippen molar-refractivity contribution >= 4 is 17.2 Å². The third-order valence-electron chi connectivity index (χ3n) is 4.31. The average molecular weight is 343 g/mol. The minimum atomic E-state index is -0.754. The smallest absolute Gasteiger partial charge is 0.235 e. The summed E-state index contributed by atoms with van der Waals surface area (Å²) in [7, 11) is 0. The molecule has 1 amide bonds. The molecule has 126 valence electrons. The lowest BCUT2D eigenvalue weighted by Gasteiger charge is -2.26. The van der Waals surface area contributed by atoms with Gasteiger partial charge in [0, 0.05) is 11.4 Å². The molecule has 6 heteroatoms. The van der Waals surface area contributed by atoms with Gasteiger partial charge in [0.25, 0.3) is 0 Å². The van der Waals surface area contributed by atoms with Crippen LogP contribution in [0.5, 0.6) is 0 Å². The topological polar surface area (TPSA) is 69.3 Å². The number of thiophene rings is 1. The highest BCUT2D eigenvalue weighted by Gasteiger charge is 2.43. The third-order valence-corrected chi connectivity index (χ3v) is 5.17. The zero-order valence-electron chi connectivity index (χ0n) is 13.7. The van der Waals surface area contributed by atoms with E-state index >= 15 is 0 Å².